The molecule has 0 aliphatic carbocycles. The molecule has 4 nitrogen and oxygen atoms in total. The van der Waals surface area contributed by atoms with Gasteiger partial charge in [-0.2, -0.15) is 0 Å². The summed E-state index contributed by atoms with van der Waals surface area (Å²) in [7, 11) is 0. The number of Topliss-reactive ketones (excluding diaryl/α,β-unsaturated/α-hetero) is 1. The van der Waals surface area contributed by atoms with Crippen LogP contribution in [0, 0.1) is 0 Å². The Morgan fingerprint density at radius 2 is 1.88 bits per heavy atom. The molecular weight excluding hydrogens is 220 g/mol. The van der Waals surface area contributed by atoms with Crippen molar-refractivity contribution < 1.29 is 19.4 Å². The molecule has 0 aliphatic rings. The molecule has 0 radical (unpaired) electrons. The molecule has 0 aromatic heterocycles. The average Bonchev–Trinajstić information content (AvgIpc) is 2.32. The number of carbonyl (C=O) groups is 2. The molecule has 1 rings (SSSR count). The first kappa shape index (κ1) is 13.2. The number of hydrogen-bond acceptors (Lipinski definition) is 4. The van der Waals surface area contributed by atoms with Gasteiger partial charge in [-0.3, -0.25) is 4.79 Å². The molecule has 0 aliphatic heterocycles. The SMILES string of the molecule is CCOC(=O)C(=O)CCCc1ccc(O)cc1. The molecule has 0 fully saturated rings. The molecule has 1 aromatic carbocycles. The van der Waals surface area contributed by atoms with E-state index in [1.807, 2.05) is 0 Å². The molecule has 0 spiro atoms. The molecular formula is C13H16O4. The summed E-state index contributed by atoms with van der Waals surface area (Å²) in [5, 5.41) is 9.09. The Morgan fingerprint density at radius 3 is 2.47 bits per heavy atom. The summed E-state index contributed by atoms with van der Waals surface area (Å²) in [5.74, 6) is -1.01. The molecule has 0 atom stereocenters. The van der Waals surface area contributed by atoms with Crippen LogP contribution >= 0.6 is 0 Å². The van der Waals surface area contributed by atoms with E-state index in [0.29, 0.717) is 12.8 Å². The lowest BCUT2D eigenvalue weighted by Gasteiger charge is -2.02. The van der Waals surface area contributed by atoms with E-state index in [2.05, 4.69) is 4.74 Å². The largest absolute Gasteiger partial charge is 0.508 e. The minimum Gasteiger partial charge on any atom is -0.508 e. The summed E-state index contributed by atoms with van der Waals surface area (Å²) in [6.45, 7) is 1.89. The van der Waals surface area contributed by atoms with Gasteiger partial charge in [0.05, 0.1) is 6.61 Å². The molecule has 0 bridgehead atoms. The van der Waals surface area contributed by atoms with Crippen molar-refractivity contribution in [3.05, 3.63) is 29.8 Å². The number of benzene rings is 1. The highest BCUT2D eigenvalue weighted by atomic mass is 16.5. The maximum Gasteiger partial charge on any atom is 0.374 e. The van der Waals surface area contributed by atoms with Crippen molar-refractivity contribution in [2.45, 2.75) is 26.2 Å². The highest BCUT2D eigenvalue weighted by molar-refractivity contribution is 6.33. The number of aryl methyl sites for hydroxylation is 1. The van der Waals surface area contributed by atoms with E-state index < -0.39 is 11.8 Å². The Labute approximate surface area is 100 Å². The second kappa shape index (κ2) is 6.68. The van der Waals surface area contributed by atoms with Gasteiger partial charge in [0.15, 0.2) is 0 Å². The smallest absolute Gasteiger partial charge is 0.374 e. The first-order valence-corrected chi connectivity index (χ1v) is 5.61. The Hall–Kier alpha value is -1.84. The fourth-order valence-electron chi connectivity index (χ4n) is 1.43. The van der Waals surface area contributed by atoms with Crippen LogP contribution in [-0.2, 0) is 20.7 Å². The van der Waals surface area contributed by atoms with Gasteiger partial charge in [0.25, 0.3) is 0 Å². The van der Waals surface area contributed by atoms with Gasteiger partial charge < -0.3 is 9.84 Å². The summed E-state index contributed by atoms with van der Waals surface area (Å²) in [6, 6.07) is 6.79. The second-order valence-electron chi connectivity index (χ2n) is 3.66. The number of rotatable bonds is 6. The van der Waals surface area contributed by atoms with Crippen LogP contribution in [0.4, 0.5) is 0 Å². The topological polar surface area (TPSA) is 63.6 Å². The number of ether oxygens (including phenoxy) is 1. The van der Waals surface area contributed by atoms with E-state index in [1.165, 1.54) is 0 Å². The van der Waals surface area contributed by atoms with E-state index in [-0.39, 0.29) is 18.8 Å². The van der Waals surface area contributed by atoms with Gasteiger partial charge in [0.1, 0.15) is 5.75 Å². The van der Waals surface area contributed by atoms with E-state index >= 15 is 0 Å². The van der Waals surface area contributed by atoms with E-state index in [9.17, 15) is 9.59 Å². The number of esters is 1. The number of hydrogen-bond donors (Lipinski definition) is 1. The molecule has 0 heterocycles. The van der Waals surface area contributed by atoms with Crippen molar-refractivity contribution in [1.82, 2.24) is 0 Å². The quantitative estimate of drug-likeness (QED) is 0.604. The average molecular weight is 236 g/mol. The monoisotopic (exact) mass is 236 g/mol. The summed E-state index contributed by atoms with van der Waals surface area (Å²) >= 11 is 0. The Bertz CT molecular complexity index is 381. The van der Waals surface area contributed by atoms with Gasteiger partial charge in [-0.15, -0.1) is 0 Å². The zero-order chi connectivity index (χ0) is 12.7. The first-order chi connectivity index (χ1) is 8.13. The van der Waals surface area contributed by atoms with Crippen LogP contribution in [0.5, 0.6) is 5.75 Å². The van der Waals surface area contributed by atoms with Gasteiger partial charge in [-0.1, -0.05) is 12.1 Å². The summed E-state index contributed by atoms with van der Waals surface area (Å²) < 4.78 is 4.60. The number of aromatic hydroxyl groups is 1. The molecule has 0 unspecified atom stereocenters. The van der Waals surface area contributed by atoms with Crippen molar-refractivity contribution in [3.8, 4) is 5.75 Å². The van der Waals surface area contributed by atoms with Crippen molar-refractivity contribution in [2.75, 3.05) is 6.61 Å². The van der Waals surface area contributed by atoms with Crippen LogP contribution in [0.25, 0.3) is 0 Å². The van der Waals surface area contributed by atoms with Gasteiger partial charge in [0, 0.05) is 6.42 Å². The molecule has 92 valence electrons. The van der Waals surface area contributed by atoms with Crippen molar-refractivity contribution in [2.24, 2.45) is 0 Å². The van der Waals surface area contributed by atoms with Gasteiger partial charge in [0.2, 0.25) is 5.78 Å². The third-order valence-electron chi connectivity index (χ3n) is 2.31. The van der Waals surface area contributed by atoms with Crippen LogP contribution in [0.15, 0.2) is 24.3 Å². The van der Waals surface area contributed by atoms with Crippen molar-refractivity contribution in [1.29, 1.82) is 0 Å². The minimum atomic E-state index is -0.752. The zero-order valence-electron chi connectivity index (χ0n) is 9.81. The standard InChI is InChI=1S/C13H16O4/c1-2-17-13(16)12(15)5-3-4-10-6-8-11(14)9-7-10/h6-9,14H,2-5H2,1H3. The summed E-state index contributed by atoms with van der Waals surface area (Å²) in [6.07, 6.45) is 1.49. The number of phenols is 1. The minimum absolute atomic E-state index is 0.194. The van der Waals surface area contributed by atoms with Crippen LogP contribution in [0.2, 0.25) is 0 Å². The predicted molar refractivity (Wildman–Crippen MR) is 62.7 cm³/mol. The van der Waals surface area contributed by atoms with Crippen LogP contribution in [-0.4, -0.2) is 23.5 Å². The summed E-state index contributed by atoms with van der Waals surface area (Å²) in [5.41, 5.74) is 1.03. The lowest BCUT2D eigenvalue weighted by molar-refractivity contribution is -0.153. The van der Waals surface area contributed by atoms with Crippen LogP contribution in [0.3, 0.4) is 0 Å². The maximum atomic E-state index is 11.3. The zero-order valence-corrected chi connectivity index (χ0v) is 9.81. The Kier molecular flexibility index (Phi) is 5.20. The second-order valence-corrected chi connectivity index (χ2v) is 3.66. The van der Waals surface area contributed by atoms with Gasteiger partial charge in [-0.05, 0) is 37.5 Å². The lowest BCUT2D eigenvalue weighted by Crippen LogP contribution is -2.17. The third kappa shape index (κ3) is 4.68. The Balaban J connectivity index is 2.30. The highest BCUT2D eigenvalue weighted by Crippen LogP contribution is 2.12. The van der Waals surface area contributed by atoms with Crippen LogP contribution < -0.4 is 0 Å². The highest BCUT2D eigenvalue weighted by Gasteiger charge is 2.13. The van der Waals surface area contributed by atoms with E-state index in [0.717, 1.165) is 5.56 Å². The first-order valence-electron chi connectivity index (χ1n) is 5.61. The third-order valence-corrected chi connectivity index (χ3v) is 2.31. The molecule has 1 N–H and O–H groups in total. The lowest BCUT2D eigenvalue weighted by atomic mass is 10.1. The normalized spacial score (nSPS) is 9.94. The van der Waals surface area contributed by atoms with Crippen LogP contribution in [0.1, 0.15) is 25.3 Å². The van der Waals surface area contributed by atoms with E-state index in [4.69, 9.17) is 5.11 Å². The fourth-order valence-corrected chi connectivity index (χ4v) is 1.43. The molecule has 17 heavy (non-hydrogen) atoms. The van der Waals surface area contributed by atoms with Crippen molar-refractivity contribution in [3.63, 3.8) is 0 Å². The maximum absolute atomic E-state index is 11.3. The Morgan fingerprint density at radius 1 is 1.24 bits per heavy atom. The fraction of sp³-hybridized carbons (Fsp3) is 0.385. The predicted octanol–water partition coefficient (Wildman–Crippen LogP) is 1.85. The van der Waals surface area contributed by atoms with E-state index in [1.54, 1.807) is 31.2 Å². The van der Waals surface area contributed by atoms with Crippen molar-refractivity contribution >= 4 is 11.8 Å². The summed E-state index contributed by atoms with van der Waals surface area (Å²) in [4.78, 5) is 22.3. The molecule has 1 aromatic rings. The number of ketones is 1. The molecule has 0 amide bonds. The van der Waals surface area contributed by atoms with Gasteiger partial charge in [-0.25, -0.2) is 4.79 Å². The van der Waals surface area contributed by atoms with Gasteiger partial charge >= 0.3 is 5.97 Å². The number of carbonyl (C=O) groups excluding carboxylic acids is 2. The molecule has 0 saturated carbocycles. The molecule has 4 heteroatoms. The molecule has 0 saturated heterocycles. The number of phenolic OH excluding ortho intramolecular Hbond substituents is 1.